The Labute approximate surface area is 124 Å². The van der Waals surface area contributed by atoms with Crippen molar-refractivity contribution < 1.29 is 23.4 Å². The van der Waals surface area contributed by atoms with Crippen LogP contribution in [0, 0.1) is 0 Å². The minimum Gasteiger partial charge on any atom is -0.493 e. The maximum absolute atomic E-state index is 12.3. The molecule has 0 amide bonds. The maximum Gasteiger partial charge on any atom is 0.387 e. The summed E-state index contributed by atoms with van der Waals surface area (Å²) in [6.45, 7) is -1.19. The number of unbranched alkanes of at least 4 members (excludes halogenated alkanes) is 3. The molecule has 0 aliphatic rings. The number of alkyl halides is 2. The summed E-state index contributed by atoms with van der Waals surface area (Å²) in [4.78, 5) is 0. The van der Waals surface area contributed by atoms with E-state index in [9.17, 15) is 8.78 Å². The predicted octanol–water partition coefficient (Wildman–Crippen LogP) is 2.94. The number of hydrogen-bond donors (Lipinski definition) is 2. The molecular formula is C15H23F2NO3. The molecule has 0 aliphatic carbocycles. The fourth-order valence-corrected chi connectivity index (χ4v) is 1.97. The average molecular weight is 303 g/mol. The van der Waals surface area contributed by atoms with Crippen molar-refractivity contribution >= 4 is 0 Å². The van der Waals surface area contributed by atoms with Crippen molar-refractivity contribution in [3.05, 3.63) is 23.8 Å². The Hall–Kier alpha value is -1.40. The molecule has 4 nitrogen and oxygen atoms in total. The average Bonchev–Trinajstić information content (AvgIpc) is 2.46. The Bertz CT molecular complexity index is 403. The van der Waals surface area contributed by atoms with Gasteiger partial charge >= 0.3 is 6.61 Å². The molecule has 21 heavy (non-hydrogen) atoms. The first-order valence-corrected chi connectivity index (χ1v) is 7.10. The van der Waals surface area contributed by atoms with Crippen LogP contribution in [-0.2, 0) is 6.54 Å². The lowest BCUT2D eigenvalue weighted by molar-refractivity contribution is -0.0512. The molecule has 0 saturated heterocycles. The molecule has 1 aromatic rings. The number of aliphatic hydroxyl groups is 1. The van der Waals surface area contributed by atoms with Gasteiger partial charge in [0.25, 0.3) is 0 Å². The van der Waals surface area contributed by atoms with Gasteiger partial charge in [-0.05, 0) is 37.1 Å². The van der Waals surface area contributed by atoms with Gasteiger partial charge in [0, 0.05) is 13.2 Å². The molecule has 0 aromatic heterocycles. The monoisotopic (exact) mass is 303 g/mol. The van der Waals surface area contributed by atoms with E-state index in [0.717, 1.165) is 37.8 Å². The van der Waals surface area contributed by atoms with Crippen molar-refractivity contribution in [3.63, 3.8) is 0 Å². The number of hydrogen-bond acceptors (Lipinski definition) is 4. The van der Waals surface area contributed by atoms with Gasteiger partial charge in [0.05, 0.1) is 7.11 Å². The van der Waals surface area contributed by atoms with E-state index in [1.165, 1.54) is 7.11 Å². The number of rotatable bonds is 11. The maximum atomic E-state index is 12.3. The summed E-state index contributed by atoms with van der Waals surface area (Å²) in [5.74, 6) is 0.345. The van der Waals surface area contributed by atoms with Crippen LogP contribution in [0.5, 0.6) is 11.5 Å². The molecule has 1 aromatic carbocycles. The summed E-state index contributed by atoms with van der Waals surface area (Å²) in [5, 5.41) is 11.9. The van der Waals surface area contributed by atoms with Crippen molar-refractivity contribution in [2.45, 2.75) is 38.8 Å². The van der Waals surface area contributed by atoms with Crippen LogP contribution in [0.3, 0.4) is 0 Å². The summed E-state index contributed by atoms with van der Waals surface area (Å²) in [5.41, 5.74) is 0.863. The lowest BCUT2D eigenvalue weighted by Crippen LogP contribution is -2.15. The predicted molar refractivity (Wildman–Crippen MR) is 76.9 cm³/mol. The van der Waals surface area contributed by atoms with Crippen molar-refractivity contribution in [3.8, 4) is 11.5 Å². The van der Waals surface area contributed by atoms with E-state index < -0.39 is 6.61 Å². The van der Waals surface area contributed by atoms with E-state index in [1.807, 2.05) is 6.07 Å². The minimum absolute atomic E-state index is 0.0507. The van der Waals surface area contributed by atoms with Crippen molar-refractivity contribution in [1.29, 1.82) is 0 Å². The lowest BCUT2D eigenvalue weighted by Gasteiger charge is -2.12. The fourth-order valence-electron chi connectivity index (χ4n) is 1.97. The summed E-state index contributed by atoms with van der Waals surface area (Å²) in [7, 11) is 1.41. The van der Waals surface area contributed by atoms with Crippen LogP contribution < -0.4 is 14.8 Å². The molecule has 2 N–H and O–H groups in total. The van der Waals surface area contributed by atoms with Crippen molar-refractivity contribution in [1.82, 2.24) is 5.32 Å². The Morgan fingerprint density at radius 3 is 2.57 bits per heavy atom. The number of aliphatic hydroxyl groups excluding tert-OH is 1. The molecule has 0 aliphatic heterocycles. The molecule has 0 bridgehead atoms. The Morgan fingerprint density at radius 2 is 1.90 bits per heavy atom. The molecule has 6 heteroatoms. The van der Waals surface area contributed by atoms with Crippen LogP contribution in [0.15, 0.2) is 18.2 Å². The highest BCUT2D eigenvalue weighted by molar-refractivity contribution is 5.42. The summed E-state index contributed by atoms with van der Waals surface area (Å²) in [6.07, 6.45) is 3.95. The van der Waals surface area contributed by atoms with Gasteiger partial charge in [0.15, 0.2) is 11.5 Å². The third-order valence-corrected chi connectivity index (χ3v) is 3.03. The van der Waals surface area contributed by atoms with Gasteiger partial charge in [-0.15, -0.1) is 0 Å². The van der Waals surface area contributed by atoms with E-state index in [2.05, 4.69) is 10.1 Å². The zero-order valence-electron chi connectivity index (χ0n) is 12.3. The van der Waals surface area contributed by atoms with Gasteiger partial charge < -0.3 is 19.9 Å². The molecule has 0 fully saturated rings. The van der Waals surface area contributed by atoms with Gasteiger partial charge in [-0.3, -0.25) is 0 Å². The molecule has 1 rings (SSSR count). The molecule has 120 valence electrons. The Morgan fingerprint density at radius 1 is 1.14 bits per heavy atom. The highest BCUT2D eigenvalue weighted by Gasteiger charge is 2.11. The number of ether oxygens (including phenoxy) is 2. The Kier molecular flexibility index (Phi) is 8.69. The molecule has 0 unspecified atom stereocenters. The van der Waals surface area contributed by atoms with E-state index in [-0.39, 0.29) is 12.4 Å². The quantitative estimate of drug-likeness (QED) is 0.617. The van der Waals surface area contributed by atoms with E-state index in [4.69, 9.17) is 9.84 Å². The van der Waals surface area contributed by atoms with Gasteiger partial charge in [-0.25, -0.2) is 0 Å². The summed E-state index contributed by atoms with van der Waals surface area (Å²) < 4.78 is 34.0. The Balaban J connectivity index is 2.37. The first-order valence-electron chi connectivity index (χ1n) is 7.10. The highest BCUT2D eigenvalue weighted by Crippen LogP contribution is 2.29. The first kappa shape index (κ1) is 17.7. The third-order valence-electron chi connectivity index (χ3n) is 3.03. The first-order chi connectivity index (χ1) is 10.2. The van der Waals surface area contributed by atoms with Crippen molar-refractivity contribution in [2.24, 2.45) is 0 Å². The van der Waals surface area contributed by atoms with Crippen LogP contribution >= 0.6 is 0 Å². The van der Waals surface area contributed by atoms with Crippen LogP contribution in [-0.4, -0.2) is 32.0 Å². The second-order valence-corrected chi connectivity index (χ2v) is 4.68. The second-order valence-electron chi connectivity index (χ2n) is 4.68. The zero-order chi connectivity index (χ0) is 15.5. The number of benzene rings is 1. The van der Waals surface area contributed by atoms with E-state index >= 15 is 0 Å². The minimum atomic E-state index is -2.87. The molecule has 0 radical (unpaired) electrons. The molecule has 0 heterocycles. The lowest BCUT2D eigenvalue weighted by atomic mass is 10.2. The topological polar surface area (TPSA) is 50.7 Å². The smallest absolute Gasteiger partial charge is 0.387 e. The molecule has 0 saturated carbocycles. The molecule has 0 atom stereocenters. The van der Waals surface area contributed by atoms with Gasteiger partial charge in [0.2, 0.25) is 0 Å². The van der Waals surface area contributed by atoms with E-state index in [0.29, 0.717) is 12.3 Å². The highest BCUT2D eigenvalue weighted by atomic mass is 19.3. The number of methoxy groups -OCH3 is 1. The van der Waals surface area contributed by atoms with Crippen LogP contribution in [0.1, 0.15) is 31.2 Å². The largest absolute Gasteiger partial charge is 0.493 e. The van der Waals surface area contributed by atoms with Crippen molar-refractivity contribution in [2.75, 3.05) is 20.3 Å². The normalized spacial score (nSPS) is 10.9. The molecule has 0 spiro atoms. The number of nitrogens with one attached hydrogen (secondary N) is 1. The summed E-state index contributed by atoms with van der Waals surface area (Å²) in [6, 6.07) is 5.00. The van der Waals surface area contributed by atoms with Gasteiger partial charge in [0.1, 0.15) is 0 Å². The van der Waals surface area contributed by atoms with Gasteiger partial charge in [-0.2, -0.15) is 8.78 Å². The second kappa shape index (κ2) is 10.3. The standard InChI is InChI=1S/C15H23F2NO3/c1-20-13-7-6-12(10-14(13)21-15(16)17)11-18-8-4-2-3-5-9-19/h6-7,10,15,18-19H,2-5,8-9,11H2,1H3. The SMILES string of the molecule is COc1ccc(CNCCCCCCO)cc1OC(F)F. The van der Waals surface area contributed by atoms with Gasteiger partial charge in [-0.1, -0.05) is 18.9 Å². The fraction of sp³-hybridized carbons (Fsp3) is 0.600. The van der Waals surface area contributed by atoms with Crippen LogP contribution in [0.4, 0.5) is 8.78 Å². The van der Waals surface area contributed by atoms with Crippen LogP contribution in [0.25, 0.3) is 0 Å². The summed E-state index contributed by atoms with van der Waals surface area (Å²) >= 11 is 0. The van der Waals surface area contributed by atoms with Crippen LogP contribution in [0.2, 0.25) is 0 Å². The number of halogens is 2. The van der Waals surface area contributed by atoms with E-state index in [1.54, 1.807) is 12.1 Å². The third kappa shape index (κ3) is 7.24. The zero-order valence-corrected chi connectivity index (χ0v) is 12.3. The molecular weight excluding hydrogens is 280 g/mol.